The Hall–Kier alpha value is -2.86. The number of hydrogen-bond donors (Lipinski definition) is 2. The summed E-state index contributed by atoms with van der Waals surface area (Å²) in [5.41, 5.74) is 1.65. The van der Waals surface area contributed by atoms with Gasteiger partial charge in [0, 0.05) is 29.5 Å². The summed E-state index contributed by atoms with van der Waals surface area (Å²) in [4.78, 5) is 24.4. The van der Waals surface area contributed by atoms with Crippen molar-refractivity contribution in [3.8, 4) is 5.75 Å². The zero-order valence-electron chi connectivity index (χ0n) is 16.0. The van der Waals surface area contributed by atoms with Gasteiger partial charge in [-0.15, -0.1) is 0 Å². The zero-order valence-corrected chi connectivity index (χ0v) is 16.0. The minimum atomic E-state index is -0.246. The fourth-order valence-electron chi connectivity index (χ4n) is 2.34. The van der Waals surface area contributed by atoms with E-state index in [-0.39, 0.29) is 17.9 Å². The predicted octanol–water partition coefficient (Wildman–Crippen LogP) is 3.49. The lowest BCUT2D eigenvalue weighted by Crippen LogP contribution is -2.30. The van der Waals surface area contributed by atoms with Crippen LogP contribution in [0.3, 0.4) is 0 Å². The van der Waals surface area contributed by atoms with Gasteiger partial charge >= 0.3 is 0 Å². The molecule has 0 heterocycles. The molecule has 2 aromatic carbocycles. The molecular weight excluding hydrogens is 344 g/mol. The van der Waals surface area contributed by atoms with Gasteiger partial charge in [0.05, 0.1) is 6.61 Å². The Labute approximate surface area is 159 Å². The third-order valence-electron chi connectivity index (χ3n) is 3.62. The van der Waals surface area contributed by atoms with Gasteiger partial charge in [0.2, 0.25) is 0 Å². The fourth-order valence-corrected chi connectivity index (χ4v) is 2.34. The first-order chi connectivity index (χ1) is 13.0. The van der Waals surface area contributed by atoms with E-state index >= 15 is 0 Å². The molecule has 0 bridgehead atoms. The van der Waals surface area contributed by atoms with E-state index in [2.05, 4.69) is 10.6 Å². The lowest BCUT2D eigenvalue weighted by Gasteiger charge is -2.10. The molecule has 0 radical (unpaired) electrons. The number of carbonyl (C=O) groups excluding carboxylic acids is 2. The average molecular weight is 370 g/mol. The van der Waals surface area contributed by atoms with E-state index in [1.54, 1.807) is 48.5 Å². The lowest BCUT2D eigenvalue weighted by molar-refractivity contribution is 0.0942. The van der Waals surface area contributed by atoms with E-state index in [1.165, 1.54) is 0 Å². The number of hydrogen-bond acceptors (Lipinski definition) is 4. The Kier molecular flexibility index (Phi) is 7.82. The topological polar surface area (TPSA) is 76.7 Å². The molecule has 0 spiro atoms. The van der Waals surface area contributed by atoms with E-state index in [9.17, 15) is 9.59 Å². The molecule has 144 valence electrons. The summed E-state index contributed by atoms with van der Waals surface area (Å²) < 4.78 is 10.8. The number of amides is 2. The molecular formula is C21H26N2O4. The molecule has 6 nitrogen and oxygen atoms in total. The molecule has 2 aromatic rings. The molecule has 2 amide bonds. The Morgan fingerprint density at radius 2 is 1.70 bits per heavy atom. The van der Waals surface area contributed by atoms with Crippen LogP contribution >= 0.6 is 0 Å². The first-order valence-electron chi connectivity index (χ1n) is 9.02. The Bertz CT molecular complexity index is 757. The molecule has 0 aliphatic heterocycles. The standard InChI is InChI=1S/C21H26N2O4/c1-4-26-12-13-27-19-7-5-6-17(14-19)21(25)23-18-10-8-16(9-11-18)20(24)22-15(2)3/h5-11,14-15H,4,12-13H2,1-3H3,(H,22,24)(H,23,25). The van der Waals surface area contributed by atoms with Crippen LogP contribution < -0.4 is 15.4 Å². The smallest absolute Gasteiger partial charge is 0.255 e. The average Bonchev–Trinajstić information content (AvgIpc) is 2.65. The molecule has 0 saturated heterocycles. The fraction of sp³-hybridized carbons (Fsp3) is 0.333. The van der Waals surface area contributed by atoms with Crippen LogP contribution in [0.4, 0.5) is 5.69 Å². The van der Waals surface area contributed by atoms with Crippen molar-refractivity contribution in [1.29, 1.82) is 0 Å². The van der Waals surface area contributed by atoms with Crippen molar-refractivity contribution in [1.82, 2.24) is 5.32 Å². The van der Waals surface area contributed by atoms with Gasteiger partial charge in [-0.05, 0) is 63.2 Å². The highest BCUT2D eigenvalue weighted by atomic mass is 16.5. The normalized spacial score (nSPS) is 10.5. The van der Waals surface area contributed by atoms with E-state index < -0.39 is 0 Å². The van der Waals surface area contributed by atoms with Gasteiger partial charge in [0.15, 0.2) is 0 Å². The number of carbonyl (C=O) groups is 2. The zero-order chi connectivity index (χ0) is 19.6. The van der Waals surface area contributed by atoms with Crippen molar-refractivity contribution in [2.75, 3.05) is 25.1 Å². The second kappa shape index (κ2) is 10.3. The van der Waals surface area contributed by atoms with Crippen molar-refractivity contribution in [2.45, 2.75) is 26.8 Å². The molecule has 2 N–H and O–H groups in total. The van der Waals surface area contributed by atoms with Gasteiger partial charge in [-0.25, -0.2) is 0 Å². The molecule has 0 aromatic heterocycles. The maximum Gasteiger partial charge on any atom is 0.255 e. The second-order valence-corrected chi connectivity index (χ2v) is 6.23. The molecule has 0 aliphatic rings. The Morgan fingerprint density at radius 1 is 0.963 bits per heavy atom. The SMILES string of the molecule is CCOCCOc1cccc(C(=O)Nc2ccc(C(=O)NC(C)C)cc2)c1. The highest BCUT2D eigenvalue weighted by molar-refractivity contribution is 6.04. The summed E-state index contributed by atoms with van der Waals surface area (Å²) in [6.45, 7) is 7.31. The van der Waals surface area contributed by atoms with Gasteiger partial charge in [0.1, 0.15) is 12.4 Å². The minimum Gasteiger partial charge on any atom is -0.491 e. The van der Waals surface area contributed by atoms with Crippen molar-refractivity contribution in [2.24, 2.45) is 0 Å². The van der Waals surface area contributed by atoms with E-state index in [1.807, 2.05) is 20.8 Å². The number of benzene rings is 2. The summed E-state index contributed by atoms with van der Waals surface area (Å²) in [5.74, 6) is 0.229. The summed E-state index contributed by atoms with van der Waals surface area (Å²) in [6, 6.07) is 13.8. The van der Waals surface area contributed by atoms with E-state index in [4.69, 9.17) is 9.47 Å². The molecule has 0 atom stereocenters. The third kappa shape index (κ3) is 6.75. The maximum atomic E-state index is 12.4. The third-order valence-corrected chi connectivity index (χ3v) is 3.62. The Balaban J connectivity index is 1.95. The van der Waals surface area contributed by atoms with Crippen LogP contribution in [0.5, 0.6) is 5.75 Å². The highest BCUT2D eigenvalue weighted by Crippen LogP contribution is 2.16. The number of rotatable bonds is 9. The minimum absolute atomic E-state index is 0.0694. The Morgan fingerprint density at radius 3 is 2.37 bits per heavy atom. The predicted molar refractivity (Wildman–Crippen MR) is 105 cm³/mol. The number of anilines is 1. The lowest BCUT2D eigenvalue weighted by atomic mass is 10.1. The largest absolute Gasteiger partial charge is 0.491 e. The van der Waals surface area contributed by atoms with Gasteiger partial charge in [0.25, 0.3) is 11.8 Å². The monoisotopic (exact) mass is 370 g/mol. The molecule has 6 heteroatoms. The van der Waals surface area contributed by atoms with Crippen molar-refractivity contribution in [3.63, 3.8) is 0 Å². The van der Waals surface area contributed by atoms with Crippen LogP contribution in [0.2, 0.25) is 0 Å². The van der Waals surface area contributed by atoms with Gasteiger partial charge in [-0.3, -0.25) is 9.59 Å². The van der Waals surface area contributed by atoms with Crippen molar-refractivity contribution < 1.29 is 19.1 Å². The molecule has 0 aliphatic carbocycles. The van der Waals surface area contributed by atoms with Crippen LogP contribution in [-0.4, -0.2) is 37.7 Å². The molecule has 0 saturated carbocycles. The quantitative estimate of drug-likeness (QED) is 0.663. The van der Waals surface area contributed by atoms with E-state index in [0.717, 1.165) is 0 Å². The first-order valence-corrected chi connectivity index (χ1v) is 9.02. The molecule has 27 heavy (non-hydrogen) atoms. The van der Waals surface area contributed by atoms with Crippen LogP contribution in [-0.2, 0) is 4.74 Å². The van der Waals surface area contributed by atoms with Crippen LogP contribution in [0, 0.1) is 0 Å². The summed E-state index contributed by atoms with van der Waals surface area (Å²) >= 11 is 0. The number of ether oxygens (including phenoxy) is 2. The maximum absolute atomic E-state index is 12.4. The van der Waals surface area contributed by atoms with Gasteiger partial charge in [-0.1, -0.05) is 6.07 Å². The summed E-state index contributed by atoms with van der Waals surface area (Å²) in [5, 5.41) is 5.64. The molecule has 0 fully saturated rings. The van der Waals surface area contributed by atoms with Crippen molar-refractivity contribution in [3.05, 3.63) is 59.7 Å². The van der Waals surface area contributed by atoms with Crippen LogP contribution in [0.1, 0.15) is 41.5 Å². The summed E-state index contributed by atoms with van der Waals surface area (Å²) in [6.07, 6.45) is 0. The number of nitrogens with one attached hydrogen (secondary N) is 2. The second-order valence-electron chi connectivity index (χ2n) is 6.23. The first kappa shape index (κ1) is 20.5. The van der Waals surface area contributed by atoms with Crippen LogP contribution in [0.25, 0.3) is 0 Å². The molecule has 0 unspecified atom stereocenters. The van der Waals surface area contributed by atoms with E-state index in [0.29, 0.717) is 42.4 Å². The van der Waals surface area contributed by atoms with Gasteiger partial charge < -0.3 is 20.1 Å². The highest BCUT2D eigenvalue weighted by Gasteiger charge is 2.10. The van der Waals surface area contributed by atoms with Crippen LogP contribution in [0.15, 0.2) is 48.5 Å². The molecule has 2 rings (SSSR count). The van der Waals surface area contributed by atoms with Gasteiger partial charge in [-0.2, -0.15) is 0 Å². The summed E-state index contributed by atoms with van der Waals surface area (Å²) in [7, 11) is 0. The van der Waals surface area contributed by atoms with Crippen molar-refractivity contribution >= 4 is 17.5 Å².